The zero-order valence-corrected chi connectivity index (χ0v) is 12.7. The molecule has 0 radical (unpaired) electrons. The van der Waals surface area contributed by atoms with Gasteiger partial charge in [0.1, 0.15) is 5.03 Å². The first kappa shape index (κ1) is 15.9. The molecule has 2 rings (SSSR count). The molecule has 0 aliphatic carbocycles. The third kappa shape index (κ3) is 4.50. The van der Waals surface area contributed by atoms with Gasteiger partial charge in [-0.05, 0) is 31.0 Å². The van der Waals surface area contributed by atoms with Gasteiger partial charge in [-0.1, -0.05) is 41.0 Å². The van der Waals surface area contributed by atoms with Crippen molar-refractivity contribution in [3.05, 3.63) is 48.2 Å². The number of carbonyl (C=O) groups is 1. The number of aromatic amines is 1. The lowest BCUT2D eigenvalue weighted by molar-refractivity contribution is 0.0686. The fourth-order valence-electron chi connectivity index (χ4n) is 1.68. The zero-order valence-electron chi connectivity index (χ0n) is 11.9. The summed E-state index contributed by atoms with van der Waals surface area (Å²) >= 11 is 1.27. The van der Waals surface area contributed by atoms with Crippen molar-refractivity contribution in [3.8, 4) is 11.8 Å². The monoisotopic (exact) mass is 313 g/mol. The second-order valence-electron chi connectivity index (χ2n) is 4.41. The van der Waals surface area contributed by atoms with E-state index in [1.807, 2.05) is 30.3 Å². The summed E-state index contributed by atoms with van der Waals surface area (Å²) in [5.74, 6) is 5.12. The average Bonchev–Trinajstić information content (AvgIpc) is 2.96. The maximum atomic E-state index is 11.0. The van der Waals surface area contributed by atoms with E-state index in [0.717, 1.165) is 29.7 Å². The Kier molecular flexibility index (Phi) is 5.81. The Morgan fingerprint density at radius 2 is 2.36 bits per heavy atom. The standard InChI is InChI=1S/C16H15N3O2S/c1-2-3-4-5-6-8-12-9-7-10-13(11-12)22-15-14(16(20)21)17-19-18-15/h2,7,9-11H,1,3-5H2,(H,20,21)(H,17,18,19). The lowest BCUT2D eigenvalue weighted by Crippen LogP contribution is -1.98. The fraction of sp³-hybridized carbons (Fsp3) is 0.188. The van der Waals surface area contributed by atoms with Gasteiger partial charge in [-0.25, -0.2) is 4.79 Å². The number of allylic oxidation sites excluding steroid dienone is 1. The van der Waals surface area contributed by atoms with Gasteiger partial charge in [0.15, 0.2) is 0 Å². The quantitative estimate of drug-likeness (QED) is 0.485. The molecule has 0 atom stereocenters. The number of aromatic carboxylic acids is 1. The number of rotatable bonds is 6. The highest BCUT2D eigenvalue weighted by Crippen LogP contribution is 2.28. The van der Waals surface area contributed by atoms with E-state index in [1.54, 1.807) is 0 Å². The predicted octanol–water partition coefficient (Wildman–Crippen LogP) is 3.36. The maximum absolute atomic E-state index is 11.0. The number of aromatic nitrogens is 3. The third-order valence-corrected chi connectivity index (χ3v) is 3.69. The summed E-state index contributed by atoms with van der Waals surface area (Å²) in [6, 6.07) is 7.62. The van der Waals surface area contributed by atoms with E-state index in [1.165, 1.54) is 11.8 Å². The van der Waals surface area contributed by atoms with E-state index in [4.69, 9.17) is 5.11 Å². The van der Waals surface area contributed by atoms with Gasteiger partial charge in [-0.2, -0.15) is 0 Å². The van der Waals surface area contributed by atoms with Crippen LogP contribution in [0.15, 0.2) is 46.8 Å². The number of carboxylic acids is 1. The number of benzene rings is 1. The second-order valence-corrected chi connectivity index (χ2v) is 5.49. The van der Waals surface area contributed by atoms with Gasteiger partial charge in [-0.3, -0.25) is 5.10 Å². The average molecular weight is 313 g/mol. The molecule has 0 unspecified atom stereocenters. The highest BCUT2D eigenvalue weighted by molar-refractivity contribution is 7.99. The Morgan fingerprint density at radius 3 is 3.14 bits per heavy atom. The second kappa shape index (κ2) is 8.05. The minimum Gasteiger partial charge on any atom is -0.476 e. The van der Waals surface area contributed by atoms with Crippen molar-refractivity contribution < 1.29 is 9.90 Å². The number of nitrogens with zero attached hydrogens (tertiary/aromatic N) is 2. The van der Waals surface area contributed by atoms with Crippen LogP contribution in [0, 0.1) is 11.8 Å². The molecule has 1 aromatic carbocycles. The number of H-pyrrole nitrogens is 1. The van der Waals surface area contributed by atoms with Gasteiger partial charge in [0.25, 0.3) is 0 Å². The summed E-state index contributed by atoms with van der Waals surface area (Å²) < 4.78 is 0. The number of hydrogen-bond donors (Lipinski definition) is 2. The normalized spacial score (nSPS) is 9.82. The topological polar surface area (TPSA) is 78.9 Å². The van der Waals surface area contributed by atoms with E-state index in [2.05, 4.69) is 33.8 Å². The molecule has 0 fully saturated rings. The minimum atomic E-state index is -1.10. The molecule has 0 bridgehead atoms. The van der Waals surface area contributed by atoms with Crippen LogP contribution in [-0.4, -0.2) is 26.5 Å². The van der Waals surface area contributed by atoms with Crippen molar-refractivity contribution in [2.24, 2.45) is 0 Å². The summed E-state index contributed by atoms with van der Waals surface area (Å²) in [5, 5.41) is 19.1. The SMILES string of the molecule is C=CCCCC#Cc1cccc(Sc2[nH]nnc2C(=O)O)c1. The van der Waals surface area contributed by atoms with E-state index in [9.17, 15) is 4.79 Å². The molecule has 0 aliphatic rings. The largest absolute Gasteiger partial charge is 0.476 e. The van der Waals surface area contributed by atoms with Crippen LogP contribution in [0.3, 0.4) is 0 Å². The van der Waals surface area contributed by atoms with Crippen LogP contribution in [0.5, 0.6) is 0 Å². The van der Waals surface area contributed by atoms with Crippen molar-refractivity contribution in [2.45, 2.75) is 29.2 Å². The molecule has 22 heavy (non-hydrogen) atoms. The molecule has 0 saturated heterocycles. The fourth-order valence-corrected chi connectivity index (χ4v) is 2.56. The van der Waals surface area contributed by atoms with E-state index < -0.39 is 5.97 Å². The summed E-state index contributed by atoms with van der Waals surface area (Å²) in [7, 11) is 0. The summed E-state index contributed by atoms with van der Waals surface area (Å²) in [6.45, 7) is 3.68. The highest BCUT2D eigenvalue weighted by atomic mass is 32.2. The van der Waals surface area contributed by atoms with Crippen LogP contribution < -0.4 is 0 Å². The lowest BCUT2D eigenvalue weighted by atomic mass is 10.2. The summed E-state index contributed by atoms with van der Waals surface area (Å²) in [4.78, 5) is 11.9. The van der Waals surface area contributed by atoms with Crippen molar-refractivity contribution in [1.82, 2.24) is 15.4 Å². The number of nitrogens with one attached hydrogen (secondary N) is 1. The molecule has 0 saturated carbocycles. The molecule has 2 aromatic rings. The molecular formula is C16H15N3O2S. The Bertz CT molecular complexity index is 728. The first-order valence-electron chi connectivity index (χ1n) is 6.72. The van der Waals surface area contributed by atoms with Gasteiger partial charge in [0.05, 0.1) is 0 Å². The van der Waals surface area contributed by atoms with Gasteiger partial charge in [0, 0.05) is 16.9 Å². The molecule has 2 N–H and O–H groups in total. The van der Waals surface area contributed by atoms with E-state index >= 15 is 0 Å². The first-order valence-corrected chi connectivity index (χ1v) is 7.54. The molecule has 0 amide bonds. The number of carboxylic acid groups (broad SMARTS) is 1. The molecular weight excluding hydrogens is 298 g/mol. The Labute approximate surface area is 132 Å². The summed E-state index contributed by atoms with van der Waals surface area (Å²) in [5.41, 5.74) is 0.818. The Hall–Kier alpha value is -2.52. The third-order valence-electron chi connectivity index (χ3n) is 2.72. The van der Waals surface area contributed by atoms with Crippen molar-refractivity contribution in [1.29, 1.82) is 0 Å². The van der Waals surface area contributed by atoms with Gasteiger partial charge >= 0.3 is 5.97 Å². The Morgan fingerprint density at radius 1 is 1.50 bits per heavy atom. The van der Waals surface area contributed by atoms with Crippen LogP contribution in [0.2, 0.25) is 0 Å². The smallest absolute Gasteiger partial charge is 0.359 e. The van der Waals surface area contributed by atoms with Crippen molar-refractivity contribution in [2.75, 3.05) is 0 Å². The van der Waals surface area contributed by atoms with Gasteiger partial charge < -0.3 is 5.11 Å². The molecule has 1 aromatic heterocycles. The minimum absolute atomic E-state index is 0.0779. The Balaban J connectivity index is 2.06. The highest BCUT2D eigenvalue weighted by Gasteiger charge is 2.15. The number of hydrogen-bond acceptors (Lipinski definition) is 4. The zero-order chi connectivity index (χ0) is 15.8. The van der Waals surface area contributed by atoms with Gasteiger partial charge in [-0.15, -0.1) is 11.7 Å². The van der Waals surface area contributed by atoms with Crippen molar-refractivity contribution >= 4 is 17.7 Å². The predicted molar refractivity (Wildman–Crippen MR) is 84.8 cm³/mol. The molecule has 0 spiro atoms. The molecule has 5 nitrogen and oxygen atoms in total. The van der Waals surface area contributed by atoms with Crippen molar-refractivity contribution in [3.63, 3.8) is 0 Å². The van der Waals surface area contributed by atoms with E-state index in [0.29, 0.717) is 5.03 Å². The van der Waals surface area contributed by atoms with Gasteiger partial charge in [0.2, 0.25) is 5.69 Å². The molecule has 0 aliphatic heterocycles. The first-order chi connectivity index (χ1) is 10.7. The van der Waals surface area contributed by atoms with Crippen LogP contribution >= 0.6 is 11.8 Å². The molecule has 1 heterocycles. The van der Waals surface area contributed by atoms with E-state index in [-0.39, 0.29) is 5.69 Å². The lowest BCUT2D eigenvalue weighted by Gasteiger charge is -2.00. The molecule has 112 valence electrons. The molecule has 6 heteroatoms. The maximum Gasteiger partial charge on any atom is 0.359 e. The summed E-state index contributed by atoms with van der Waals surface area (Å²) in [6.07, 6.45) is 4.69. The number of unbranched alkanes of at least 4 members (excludes halogenated alkanes) is 2. The van der Waals surface area contributed by atoms with Crippen LogP contribution in [-0.2, 0) is 0 Å². The van der Waals surface area contributed by atoms with Crippen LogP contribution in [0.4, 0.5) is 0 Å². The van der Waals surface area contributed by atoms with Crippen LogP contribution in [0.1, 0.15) is 35.3 Å². The van der Waals surface area contributed by atoms with Crippen LogP contribution in [0.25, 0.3) is 0 Å².